The molecule has 1 heterocycles. The predicted molar refractivity (Wildman–Crippen MR) is 110 cm³/mol. The number of furan rings is 1. The quantitative estimate of drug-likeness (QED) is 0.341. The summed E-state index contributed by atoms with van der Waals surface area (Å²) < 4.78 is 5.36. The second-order valence-electron chi connectivity index (χ2n) is 5.69. The molecule has 6 nitrogen and oxygen atoms in total. The summed E-state index contributed by atoms with van der Waals surface area (Å²) in [4.78, 5) is 15.6. The van der Waals surface area contributed by atoms with Crippen LogP contribution >= 0.6 is 35.7 Å². The number of nitrogens with zero attached hydrogens (tertiary/aromatic N) is 1. The zero-order chi connectivity index (χ0) is 16.7. The number of carbonyl (C=O) groups excluding carboxylic acids is 1. The number of aliphatic imine (C=N–C) groups is 1. The van der Waals surface area contributed by atoms with Gasteiger partial charge in [-0.15, -0.1) is 24.0 Å². The first kappa shape index (κ1) is 21.1. The molecule has 2 rings (SSSR count). The summed E-state index contributed by atoms with van der Waals surface area (Å²) in [6, 6.07) is 3.77. The van der Waals surface area contributed by atoms with Crippen LogP contribution < -0.4 is 16.4 Å². The van der Waals surface area contributed by atoms with Gasteiger partial charge in [-0.2, -0.15) is 11.8 Å². The van der Waals surface area contributed by atoms with Crippen LogP contribution in [0.25, 0.3) is 0 Å². The lowest BCUT2D eigenvalue weighted by Gasteiger charge is -2.29. The Morgan fingerprint density at radius 3 is 2.88 bits per heavy atom. The number of guanidine groups is 1. The maximum Gasteiger partial charge on any atom is 0.284 e. The van der Waals surface area contributed by atoms with Crippen LogP contribution in [0.1, 0.15) is 48.9 Å². The highest BCUT2D eigenvalue weighted by Crippen LogP contribution is 2.26. The Kier molecular flexibility index (Phi) is 9.57. The Hall–Kier alpha value is -0.900. The van der Waals surface area contributed by atoms with Crippen molar-refractivity contribution in [1.29, 1.82) is 0 Å². The fraction of sp³-hybridized carbons (Fsp3) is 0.625. The largest absolute Gasteiger partial charge is 0.454 e. The molecule has 24 heavy (non-hydrogen) atoms. The highest BCUT2D eigenvalue weighted by Gasteiger charge is 2.21. The van der Waals surface area contributed by atoms with E-state index in [-0.39, 0.29) is 29.7 Å². The Labute approximate surface area is 164 Å². The highest BCUT2D eigenvalue weighted by molar-refractivity contribution is 14.0. The van der Waals surface area contributed by atoms with Gasteiger partial charge in [0.05, 0.1) is 0 Å². The molecule has 1 saturated carbocycles. The molecule has 1 aliphatic carbocycles. The Morgan fingerprint density at radius 1 is 1.46 bits per heavy atom. The molecular weight excluding hydrogens is 439 g/mol. The molecule has 4 N–H and O–H groups in total. The third kappa shape index (κ3) is 6.54. The van der Waals surface area contributed by atoms with Crippen molar-refractivity contribution in [3.8, 4) is 0 Å². The number of rotatable bonds is 6. The van der Waals surface area contributed by atoms with E-state index in [0.717, 1.165) is 24.2 Å². The molecule has 136 valence electrons. The van der Waals surface area contributed by atoms with Gasteiger partial charge in [0, 0.05) is 17.8 Å². The SMILES string of the molecule is CCNC(=NCc1ccc(C(N)=O)o1)NC1CCCC(SC)C1.I. The van der Waals surface area contributed by atoms with Crippen LogP contribution in [0.2, 0.25) is 0 Å². The molecule has 0 aliphatic heterocycles. The summed E-state index contributed by atoms with van der Waals surface area (Å²) >= 11 is 1.95. The van der Waals surface area contributed by atoms with Gasteiger partial charge in [0.15, 0.2) is 11.7 Å². The fourth-order valence-electron chi connectivity index (χ4n) is 2.76. The van der Waals surface area contributed by atoms with Crippen molar-refractivity contribution in [1.82, 2.24) is 10.6 Å². The summed E-state index contributed by atoms with van der Waals surface area (Å²) in [5.74, 6) is 1.02. The monoisotopic (exact) mass is 466 g/mol. The minimum absolute atomic E-state index is 0. The van der Waals surface area contributed by atoms with Gasteiger partial charge in [-0.05, 0) is 44.6 Å². The van der Waals surface area contributed by atoms with Crippen molar-refractivity contribution in [3.05, 3.63) is 23.7 Å². The second-order valence-corrected chi connectivity index (χ2v) is 6.83. The number of thioether (sulfide) groups is 1. The first-order chi connectivity index (χ1) is 11.1. The van der Waals surface area contributed by atoms with E-state index >= 15 is 0 Å². The molecule has 0 spiro atoms. The van der Waals surface area contributed by atoms with Gasteiger partial charge in [0.2, 0.25) is 0 Å². The van der Waals surface area contributed by atoms with Gasteiger partial charge in [0.1, 0.15) is 12.3 Å². The van der Waals surface area contributed by atoms with E-state index < -0.39 is 5.91 Å². The molecule has 1 aromatic heterocycles. The minimum Gasteiger partial charge on any atom is -0.454 e. The molecule has 1 aliphatic rings. The molecule has 8 heteroatoms. The van der Waals surface area contributed by atoms with Crippen molar-refractivity contribution < 1.29 is 9.21 Å². The van der Waals surface area contributed by atoms with E-state index in [2.05, 4.69) is 21.9 Å². The normalized spacial score (nSPS) is 21.0. The number of amides is 1. The van der Waals surface area contributed by atoms with Crippen molar-refractivity contribution >= 4 is 47.6 Å². The summed E-state index contributed by atoms with van der Waals surface area (Å²) in [5, 5.41) is 7.50. The number of hydrogen-bond acceptors (Lipinski definition) is 4. The molecule has 0 bridgehead atoms. The zero-order valence-electron chi connectivity index (χ0n) is 14.2. The van der Waals surface area contributed by atoms with E-state index in [1.807, 2.05) is 18.7 Å². The first-order valence-electron chi connectivity index (χ1n) is 8.08. The second kappa shape index (κ2) is 10.9. The lowest BCUT2D eigenvalue weighted by molar-refractivity contribution is 0.0972. The number of nitrogens with one attached hydrogen (secondary N) is 2. The topological polar surface area (TPSA) is 92.6 Å². The third-order valence-electron chi connectivity index (χ3n) is 3.94. The van der Waals surface area contributed by atoms with E-state index in [1.165, 1.54) is 19.3 Å². The van der Waals surface area contributed by atoms with Crippen LogP contribution in [0.5, 0.6) is 0 Å². The van der Waals surface area contributed by atoms with E-state index in [1.54, 1.807) is 12.1 Å². The van der Waals surface area contributed by atoms with Gasteiger partial charge in [-0.25, -0.2) is 4.99 Å². The number of halogens is 1. The van der Waals surface area contributed by atoms with Crippen molar-refractivity contribution in [3.63, 3.8) is 0 Å². The summed E-state index contributed by atoms with van der Waals surface area (Å²) in [7, 11) is 0. The molecular formula is C16H27IN4O2S. The maximum atomic E-state index is 11.0. The van der Waals surface area contributed by atoms with E-state index in [0.29, 0.717) is 18.3 Å². The molecule has 0 radical (unpaired) electrons. The number of carbonyl (C=O) groups is 1. The van der Waals surface area contributed by atoms with E-state index in [4.69, 9.17) is 10.2 Å². The average molecular weight is 466 g/mol. The Morgan fingerprint density at radius 2 is 2.25 bits per heavy atom. The molecule has 1 amide bonds. The van der Waals surface area contributed by atoms with Gasteiger partial charge in [0.25, 0.3) is 5.91 Å². The molecule has 0 saturated heterocycles. The Balaban J connectivity index is 0.00000288. The van der Waals surface area contributed by atoms with Crippen LogP contribution in [0, 0.1) is 0 Å². The summed E-state index contributed by atoms with van der Waals surface area (Å²) in [5.41, 5.74) is 5.19. The van der Waals surface area contributed by atoms with Gasteiger partial charge in [-0.1, -0.05) is 6.42 Å². The van der Waals surface area contributed by atoms with Crippen molar-refractivity contribution in [2.24, 2.45) is 10.7 Å². The van der Waals surface area contributed by atoms with E-state index in [9.17, 15) is 4.79 Å². The fourth-order valence-corrected chi connectivity index (χ4v) is 3.58. The lowest BCUT2D eigenvalue weighted by atomic mass is 9.95. The number of primary amides is 1. The molecule has 0 aromatic carbocycles. The summed E-state index contributed by atoms with van der Waals surface area (Å²) in [6.45, 7) is 3.22. The molecule has 1 fully saturated rings. The van der Waals surface area contributed by atoms with Gasteiger partial charge in [-0.3, -0.25) is 4.79 Å². The zero-order valence-corrected chi connectivity index (χ0v) is 17.4. The van der Waals surface area contributed by atoms with Crippen LogP contribution in [0.3, 0.4) is 0 Å². The molecule has 2 atom stereocenters. The smallest absolute Gasteiger partial charge is 0.284 e. The molecule has 1 aromatic rings. The van der Waals surface area contributed by atoms with Crippen LogP contribution in [0.15, 0.2) is 21.5 Å². The van der Waals surface area contributed by atoms with Gasteiger partial charge < -0.3 is 20.8 Å². The van der Waals surface area contributed by atoms with Crippen LogP contribution in [0.4, 0.5) is 0 Å². The lowest BCUT2D eigenvalue weighted by Crippen LogP contribution is -2.45. The minimum atomic E-state index is -0.560. The predicted octanol–water partition coefficient (Wildman–Crippen LogP) is 2.73. The number of nitrogens with two attached hydrogens (primary N) is 1. The maximum absolute atomic E-state index is 11.0. The highest BCUT2D eigenvalue weighted by atomic mass is 127. The van der Waals surface area contributed by atoms with Crippen LogP contribution in [-0.4, -0.2) is 36.0 Å². The van der Waals surface area contributed by atoms with Crippen molar-refractivity contribution in [2.75, 3.05) is 12.8 Å². The summed E-state index contributed by atoms with van der Waals surface area (Å²) in [6.07, 6.45) is 7.07. The molecule has 2 unspecified atom stereocenters. The van der Waals surface area contributed by atoms with Crippen LogP contribution in [-0.2, 0) is 6.54 Å². The first-order valence-corrected chi connectivity index (χ1v) is 9.37. The van der Waals surface area contributed by atoms with Gasteiger partial charge >= 0.3 is 0 Å². The Bertz CT molecular complexity index is 550. The number of hydrogen-bond donors (Lipinski definition) is 3. The third-order valence-corrected chi connectivity index (χ3v) is 5.04. The van der Waals surface area contributed by atoms with Crippen molar-refractivity contribution in [2.45, 2.75) is 50.4 Å². The standard InChI is InChI=1S/C16H26N4O2S.HI/c1-3-18-16(20-11-5-4-6-13(9-11)23-2)19-10-12-7-8-14(22-12)15(17)21;/h7-8,11,13H,3-6,9-10H2,1-2H3,(H2,17,21)(H2,18,19,20);1H. The average Bonchev–Trinajstić information content (AvgIpc) is 3.02.